The number of hydrogen-bond acceptors (Lipinski definition) is 2. The van der Waals surface area contributed by atoms with E-state index in [2.05, 4.69) is 15.9 Å². The van der Waals surface area contributed by atoms with Crippen LogP contribution in [0.5, 0.6) is 5.75 Å². The maximum atomic E-state index is 9.20. The summed E-state index contributed by atoms with van der Waals surface area (Å²) in [5.74, 6) is 0.267. The SMILES string of the molecule is CC(N)Cc1ccc(O)c(Br)c1. The highest BCUT2D eigenvalue weighted by Gasteiger charge is 2.01. The highest BCUT2D eigenvalue weighted by molar-refractivity contribution is 9.10. The van der Waals surface area contributed by atoms with Gasteiger partial charge in [-0.3, -0.25) is 0 Å². The third-order valence-electron chi connectivity index (χ3n) is 1.57. The van der Waals surface area contributed by atoms with Gasteiger partial charge in [-0.05, 0) is 47.0 Å². The molecule has 0 fully saturated rings. The predicted octanol–water partition coefficient (Wildman–Crippen LogP) is 2.04. The Hall–Kier alpha value is -0.540. The lowest BCUT2D eigenvalue weighted by atomic mass is 10.1. The number of benzene rings is 1. The number of phenols is 1. The molecule has 2 nitrogen and oxygen atoms in total. The zero-order valence-corrected chi connectivity index (χ0v) is 8.51. The van der Waals surface area contributed by atoms with Gasteiger partial charge in [-0.2, -0.15) is 0 Å². The molecule has 0 amide bonds. The van der Waals surface area contributed by atoms with Crippen LogP contribution in [-0.2, 0) is 6.42 Å². The van der Waals surface area contributed by atoms with E-state index in [1.165, 1.54) is 0 Å². The minimum Gasteiger partial charge on any atom is -0.507 e. The molecule has 66 valence electrons. The Morgan fingerprint density at radius 1 is 1.58 bits per heavy atom. The summed E-state index contributed by atoms with van der Waals surface area (Å²) in [4.78, 5) is 0. The molecule has 1 aromatic rings. The quantitative estimate of drug-likeness (QED) is 0.816. The van der Waals surface area contributed by atoms with Gasteiger partial charge in [-0.15, -0.1) is 0 Å². The van der Waals surface area contributed by atoms with Crippen molar-refractivity contribution in [2.75, 3.05) is 0 Å². The zero-order valence-electron chi connectivity index (χ0n) is 6.92. The minimum atomic E-state index is 0.154. The van der Waals surface area contributed by atoms with E-state index in [1.807, 2.05) is 19.1 Å². The van der Waals surface area contributed by atoms with Crippen molar-refractivity contribution < 1.29 is 5.11 Å². The normalized spacial score (nSPS) is 12.9. The first-order valence-electron chi connectivity index (χ1n) is 3.82. The second-order valence-electron chi connectivity index (χ2n) is 2.97. The van der Waals surface area contributed by atoms with Crippen LogP contribution >= 0.6 is 15.9 Å². The number of rotatable bonds is 2. The molecule has 0 aliphatic carbocycles. The molecule has 0 bridgehead atoms. The molecule has 0 spiro atoms. The van der Waals surface area contributed by atoms with Crippen molar-refractivity contribution in [3.63, 3.8) is 0 Å². The summed E-state index contributed by atoms with van der Waals surface area (Å²) in [5.41, 5.74) is 6.77. The third kappa shape index (κ3) is 2.50. The van der Waals surface area contributed by atoms with Gasteiger partial charge < -0.3 is 10.8 Å². The van der Waals surface area contributed by atoms with E-state index < -0.39 is 0 Å². The van der Waals surface area contributed by atoms with Crippen LogP contribution in [0.4, 0.5) is 0 Å². The fraction of sp³-hybridized carbons (Fsp3) is 0.333. The van der Waals surface area contributed by atoms with Crippen molar-refractivity contribution in [1.82, 2.24) is 0 Å². The lowest BCUT2D eigenvalue weighted by Crippen LogP contribution is -2.17. The Balaban J connectivity index is 2.82. The number of aromatic hydroxyl groups is 1. The second kappa shape index (κ2) is 3.92. The fourth-order valence-electron chi connectivity index (χ4n) is 1.05. The maximum Gasteiger partial charge on any atom is 0.129 e. The van der Waals surface area contributed by atoms with Crippen molar-refractivity contribution in [2.45, 2.75) is 19.4 Å². The van der Waals surface area contributed by atoms with E-state index in [1.54, 1.807) is 6.07 Å². The molecule has 3 heteroatoms. The molecule has 0 aromatic heterocycles. The van der Waals surface area contributed by atoms with Gasteiger partial charge in [0.15, 0.2) is 0 Å². The standard InChI is InChI=1S/C9H12BrNO/c1-6(11)4-7-2-3-9(12)8(10)5-7/h2-3,5-6,12H,4,11H2,1H3. The van der Waals surface area contributed by atoms with Gasteiger partial charge in [0.25, 0.3) is 0 Å². The van der Waals surface area contributed by atoms with Crippen molar-refractivity contribution in [3.8, 4) is 5.75 Å². The Kier molecular flexibility index (Phi) is 3.12. The van der Waals surface area contributed by atoms with Gasteiger partial charge in [0.1, 0.15) is 5.75 Å². The summed E-state index contributed by atoms with van der Waals surface area (Å²) in [6.45, 7) is 1.96. The average molecular weight is 230 g/mol. The van der Waals surface area contributed by atoms with Gasteiger partial charge in [-0.1, -0.05) is 6.07 Å². The molecule has 0 heterocycles. The molecule has 1 unspecified atom stereocenters. The van der Waals surface area contributed by atoms with Gasteiger partial charge in [0, 0.05) is 6.04 Å². The lowest BCUT2D eigenvalue weighted by molar-refractivity contribution is 0.471. The summed E-state index contributed by atoms with van der Waals surface area (Å²) in [6.07, 6.45) is 0.832. The predicted molar refractivity (Wildman–Crippen MR) is 53.2 cm³/mol. The monoisotopic (exact) mass is 229 g/mol. The van der Waals surface area contributed by atoms with Crippen molar-refractivity contribution >= 4 is 15.9 Å². The highest BCUT2D eigenvalue weighted by atomic mass is 79.9. The van der Waals surface area contributed by atoms with E-state index in [0.717, 1.165) is 16.5 Å². The summed E-state index contributed by atoms with van der Waals surface area (Å²) in [5, 5.41) is 9.20. The van der Waals surface area contributed by atoms with Gasteiger partial charge in [-0.25, -0.2) is 0 Å². The molecular formula is C9H12BrNO. The largest absolute Gasteiger partial charge is 0.507 e. The number of nitrogens with two attached hydrogens (primary N) is 1. The Morgan fingerprint density at radius 2 is 2.25 bits per heavy atom. The van der Waals surface area contributed by atoms with Crippen molar-refractivity contribution in [1.29, 1.82) is 0 Å². The van der Waals surface area contributed by atoms with Crippen LogP contribution in [0.15, 0.2) is 22.7 Å². The summed E-state index contributed by atoms with van der Waals surface area (Å²) < 4.78 is 0.723. The van der Waals surface area contributed by atoms with Crippen LogP contribution in [0.25, 0.3) is 0 Å². The number of halogens is 1. The first-order chi connectivity index (χ1) is 5.59. The summed E-state index contributed by atoms with van der Waals surface area (Å²) in [7, 11) is 0. The first kappa shape index (κ1) is 9.55. The third-order valence-corrected chi connectivity index (χ3v) is 2.20. The molecule has 12 heavy (non-hydrogen) atoms. The van der Waals surface area contributed by atoms with E-state index >= 15 is 0 Å². The zero-order chi connectivity index (χ0) is 9.14. The van der Waals surface area contributed by atoms with Crippen LogP contribution in [0, 0.1) is 0 Å². The van der Waals surface area contributed by atoms with Crippen LogP contribution in [0.1, 0.15) is 12.5 Å². The van der Waals surface area contributed by atoms with E-state index in [4.69, 9.17) is 5.73 Å². The summed E-state index contributed by atoms with van der Waals surface area (Å²) >= 11 is 3.25. The molecule has 3 N–H and O–H groups in total. The van der Waals surface area contributed by atoms with Crippen molar-refractivity contribution in [2.24, 2.45) is 5.73 Å². The van der Waals surface area contributed by atoms with Gasteiger partial charge in [0.05, 0.1) is 4.47 Å². The Labute approximate surface area is 80.5 Å². The van der Waals surface area contributed by atoms with Crippen LogP contribution in [0.2, 0.25) is 0 Å². The molecule has 0 aliphatic rings. The highest BCUT2D eigenvalue weighted by Crippen LogP contribution is 2.24. The molecule has 0 aliphatic heterocycles. The molecule has 0 saturated heterocycles. The first-order valence-corrected chi connectivity index (χ1v) is 4.62. The van der Waals surface area contributed by atoms with Crippen LogP contribution < -0.4 is 5.73 Å². The molecule has 1 atom stereocenters. The van der Waals surface area contributed by atoms with E-state index in [-0.39, 0.29) is 11.8 Å². The molecule has 1 rings (SSSR count). The Morgan fingerprint density at radius 3 is 2.75 bits per heavy atom. The minimum absolute atomic E-state index is 0.154. The fourth-order valence-corrected chi connectivity index (χ4v) is 1.48. The summed E-state index contributed by atoms with van der Waals surface area (Å²) in [6, 6.07) is 5.59. The van der Waals surface area contributed by atoms with Crippen molar-refractivity contribution in [3.05, 3.63) is 28.2 Å². The van der Waals surface area contributed by atoms with Gasteiger partial charge >= 0.3 is 0 Å². The van der Waals surface area contributed by atoms with Gasteiger partial charge in [0.2, 0.25) is 0 Å². The Bertz CT molecular complexity index is 273. The van der Waals surface area contributed by atoms with E-state index in [0.29, 0.717) is 0 Å². The maximum absolute atomic E-state index is 9.20. The molecule has 0 saturated carbocycles. The average Bonchev–Trinajstić information content (AvgIpc) is 1.96. The molecule has 1 aromatic carbocycles. The molecule has 0 radical (unpaired) electrons. The van der Waals surface area contributed by atoms with E-state index in [9.17, 15) is 5.11 Å². The lowest BCUT2D eigenvalue weighted by Gasteiger charge is -2.05. The number of phenolic OH excluding ortho intramolecular Hbond substituents is 1. The molecular weight excluding hydrogens is 218 g/mol. The second-order valence-corrected chi connectivity index (χ2v) is 3.82. The topological polar surface area (TPSA) is 46.2 Å². The van der Waals surface area contributed by atoms with Crippen LogP contribution in [-0.4, -0.2) is 11.1 Å². The van der Waals surface area contributed by atoms with Crippen LogP contribution in [0.3, 0.4) is 0 Å². The number of hydrogen-bond donors (Lipinski definition) is 2. The smallest absolute Gasteiger partial charge is 0.129 e.